The van der Waals surface area contributed by atoms with Crippen molar-refractivity contribution in [2.75, 3.05) is 0 Å². The SMILES string of the molecule is CCCCCC1CCC(CC(=O)c2ccc(OC=O)c3c(C(=O)NC4CCC(CCCCC)CC4)ccc(C(=O)O)c23)CC1. The zero-order valence-electron chi connectivity index (χ0n) is 26.7. The Balaban J connectivity index is 1.55. The van der Waals surface area contributed by atoms with Crippen LogP contribution in [0.25, 0.3) is 10.8 Å². The number of Topliss-reactive ketones (excluding diaryl/α,β-unsaturated/α-hetero) is 1. The molecular formula is C37H51NO6. The molecule has 0 heterocycles. The molecule has 2 N–H and O–H groups in total. The normalized spacial score (nSPS) is 22.0. The summed E-state index contributed by atoms with van der Waals surface area (Å²) >= 11 is 0. The molecule has 0 bridgehead atoms. The fourth-order valence-corrected chi connectivity index (χ4v) is 7.53. The van der Waals surface area contributed by atoms with E-state index in [0.29, 0.717) is 12.3 Å². The first kappa shape index (κ1) is 33.7. The molecule has 240 valence electrons. The maximum absolute atomic E-state index is 13.8. The Hall–Kier alpha value is -3.22. The molecule has 0 atom stereocenters. The largest absolute Gasteiger partial charge is 0.478 e. The number of hydrogen-bond donors (Lipinski definition) is 2. The number of unbranched alkanes of at least 4 members (excludes halogenated alkanes) is 4. The molecule has 0 radical (unpaired) electrons. The quantitative estimate of drug-likeness (QED) is 0.112. The van der Waals surface area contributed by atoms with Crippen LogP contribution in [0.15, 0.2) is 24.3 Å². The van der Waals surface area contributed by atoms with Gasteiger partial charge in [-0.2, -0.15) is 0 Å². The van der Waals surface area contributed by atoms with E-state index in [0.717, 1.165) is 57.3 Å². The second kappa shape index (κ2) is 16.7. The fourth-order valence-electron chi connectivity index (χ4n) is 7.53. The summed E-state index contributed by atoms with van der Waals surface area (Å²) in [6.45, 7) is 4.70. The summed E-state index contributed by atoms with van der Waals surface area (Å²) < 4.78 is 5.27. The van der Waals surface area contributed by atoms with Crippen molar-refractivity contribution in [2.45, 2.75) is 129 Å². The predicted molar refractivity (Wildman–Crippen MR) is 173 cm³/mol. The van der Waals surface area contributed by atoms with Crippen molar-refractivity contribution in [3.63, 3.8) is 0 Å². The number of carbonyl (C=O) groups excluding carboxylic acids is 3. The van der Waals surface area contributed by atoms with Crippen molar-refractivity contribution in [2.24, 2.45) is 17.8 Å². The van der Waals surface area contributed by atoms with Gasteiger partial charge in [-0.1, -0.05) is 78.1 Å². The van der Waals surface area contributed by atoms with Crippen LogP contribution in [0.2, 0.25) is 0 Å². The van der Waals surface area contributed by atoms with Crippen LogP contribution in [-0.2, 0) is 4.79 Å². The topological polar surface area (TPSA) is 110 Å². The molecule has 4 rings (SSSR count). The highest BCUT2D eigenvalue weighted by molar-refractivity contribution is 6.21. The molecule has 2 fully saturated rings. The third-order valence-electron chi connectivity index (χ3n) is 10.1. The number of nitrogens with one attached hydrogen (secondary N) is 1. The minimum Gasteiger partial charge on any atom is -0.478 e. The number of ether oxygens (including phenoxy) is 1. The number of benzene rings is 2. The molecule has 0 unspecified atom stereocenters. The highest BCUT2D eigenvalue weighted by atomic mass is 16.5. The summed E-state index contributed by atoms with van der Waals surface area (Å²) in [5.74, 6) is 0.0709. The Labute approximate surface area is 262 Å². The lowest BCUT2D eigenvalue weighted by atomic mass is 9.77. The lowest BCUT2D eigenvalue weighted by Gasteiger charge is -2.29. The number of carboxylic acid groups (broad SMARTS) is 1. The van der Waals surface area contributed by atoms with Gasteiger partial charge in [-0.05, 0) is 80.5 Å². The van der Waals surface area contributed by atoms with E-state index in [1.54, 1.807) is 6.07 Å². The standard InChI is InChI=1S/C37H51NO6/c1-3-5-7-9-25-11-13-27(14-12-25)23-32(40)29-21-22-33(44-24-39)35-30(19-20-31(34(29)35)37(42)43)36(41)38-28-17-15-26(16-18-28)10-8-6-4-2/h19-22,24-28H,3-18,23H2,1-2H3,(H,38,41)(H,42,43). The predicted octanol–water partition coefficient (Wildman–Crippen LogP) is 8.90. The molecule has 0 saturated heterocycles. The number of carbonyl (C=O) groups is 4. The maximum atomic E-state index is 13.8. The Bertz CT molecular complexity index is 1290. The van der Waals surface area contributed by atoms with Crippen LogP contribution in [0.1, 0.15) is 154 Å². The monoisotopic (exact) mass is 605 g/mol. The lowest BCUT2D eigenvalue weighted by Crippen LogP contribution is -2.37. The van der Waals surface area contributed by atoms with E-state index in [1.807, 2.05) is 0 Å². The fraction of sp³-hybridized carbons (Fsp3) is 0.622. The molecule has 0 spiro atoms. The minimum absolute atomic E-state index is 0.0245. The van der Waals surface area contributed by atoms with Crippen LogP contribution in [0, 0.1) is 17.8 Å². The van der Waals surface area contributed by atoms with Crippen molar-refractivity contribution in [1.29, 1.82) is 0 Å². The van der Waals surface area contributed by atoms with Crippen molar-refractivity contribution in [3.8, 4) is 5.75 Å². The van der Waals surface area contributed by atoms with Gasteiger partial charge in [-0.15, -0.1) is 0 Å². The summed E-state index contributed by atoms with van der Waals surface area (Å²) in [5, 5.41) is 13.6. The van der Waals surface area contributed by atoms with E-state index in [9.17, 15) is 24.3 Å². The summed E-state index contributed by atoms with van der Waals surface area (Å²) in [7, 11) is 0. The Morgan fingerprint density at radius 3 is 1.86 bits per heavy atom. The third kappa shape index (κ3) is 8.70. The van der Waals surface area contributed by atoms with Gasteiger partial charge in [-0.25, -0.2) is 4.79 Å². The van der Waals surface area contributed by atoms with E-state index in [1.165, 1.54) is 69.6 Å². The summed E-state index contributed by atoms with van der Waals surface area (Å²) in [4.78, 5) is 51.3. The molecule has 0 aromatic heterocycles. The molecule has 2 aromatic rings. The van der Waals surface area contributed by atoms with Gasteiger partial charge in [0.25, 0.3) is 12.4 Å². The number of aromatic carboxylic acids is 1. The summed E-state index contributed by atoms with van der Waals surface area (Å²) in [6, 6.07) is 5.96. The molecule has 1 amide bonds. The summed E-state index contributed by atoms with van der Waals surface area (Å²) in [6.07, 6.45) is 18.5. The van der Waals surface area contributed by atoms with Crippen molar-refractivity contribution < 1.29 is 29.0 Å². The first-order chi connectivity index (χ1) is 21.4. The van der Waals surface area contributed by atoms with E-state index in [2.05, 4.69) is 19.2 Å². The van der Waals surface area contributed by atoms with E-state index < -0.39 is 5.97 Å². The van der Waals surface area contributed by atoms with Crippen molar-refractivity contribution in [1.82, 2.24) is 5.32 Å². The van der Waals surface area contributed by atoms with Gasteiger partial charge in [0, 0.05) is 28.8 Å². The van der Waals surface area contributed by atoms with Crippen LogP contribution >= 0.6 is 0 Å². The van der Waals surface area contributed by atoms with Crippen LogP contribution in [-0.4, -0.2) is 35.3 Å². The van der Waals surface area contributed by atoms with Crippen LogP contribution in [0.3, 0.4) is 0 Å². The van der Waals surface area contributed by atoms with Gasteiger partial charge in [-0.3, -0.25) is 14.4 Å². The lowest BCUT2D eigenvalue weighted by molar-refractivity contribution is -0.120. The number of rotatable bonds is 16. The maximum Gasteiger partial charge on any atom is 0.336 e. The van der Waals surface area contributed by atoms with Gasteiger partial charge in [0.05, 0.1) is 11.1 Å². The first-order valence-corrected chi connectivity index (χ1v) is 17.1. The zero-order valence-corrected chi connectivity index (χ0v) is 26.7. The van der Waals surface area contributed by atoms with Crippen LogP contribution in [0.5, 0.6) is 5.75 Å². The highest BCUT2D eigenvalue weighted by Gasteiger charge is 2.29. The zero-order chi connectivity index (χ0) is 31.5. The second-order valence-corrected chi connectivity index (χ2v) is 13.2. The highest BCUT2D eigenvalue weighted by Crippen LogP contribution is 2.38. The number of fused-ring (bicyclic) bond motifs is 1. The number of ketones is 1. The molecule has 7 nitrogen and oxygen atoms in total. The first-order valence-electron chi connectivity index (χ1n) is 17.1. The molecule has 0 aliphatic heterocycles. The number of carboxylic acids is 1. The second-order valence-electron chi connectivity index (χ2n) is 13.2. The summed E-state index contributed by atoms with van der Waals surface area (Å²) in [5.41, 5.74) is 0.403. The van der Waals surface area contributed by atoms with E-state index in [4.69, 9.17) is 4.74 Å². The van der Waals surface area contributed by atoms with E-state index >= 15 is 0 Å². The smallest absolute Gasteiger partial charge is 0.336 e. The Kier molecular flexibility index (Phi) is 12.8. The molecule has 7 heteroatoms. The van der Waals surface area contributed by atoms with Gasteiger partial charge < -0.3 is 15.2 Å². The van der Waals surface area contributed by atoms with E-state index in [-0.39, 0.29) is 63.3 Å². The van der Waals surface area contributed by atoms with Crippen LogP contribution in [0.4, 0.5) is 0 Å². The van der Waals surface area contributed by atoms with Crippen LogP contribution < -0.4 is 10.1 Å². The minimum atomic E-state index is -1.20. The number of amides is 1. The number of hydrogen-bond acceptors (Lipinski definition) is 5. The molecule has 2 saturated carbocycles. The van der Waals surface area contributed by atoms with Crippen molar-refractivity contribution >= 4 is 34.9 Å². The Morgan fingerprint density at radius 2 is 1.30 bits per heavy atom. The molecular weight excluding hydrogens is 554 g/mol. The Morgan fingerprint density at radius 1 is 0.750 bits per heavy atom. The third-order valence-corrected chi connectivity index (χ3v) is 10.1. The molecule has 2 aliphatic carbocycles. The van der Waals surface area contributed by atoms with Gasteiger partial charge in [0.2, 0.25) is 0 Å². The average Bonchev–Trinajstić information content (AvgIpc) is 3.02. The molecule has 2 aliphatic rings. The molecule has 44 heavy (non-hydrogen) atoms. The van der Waals surface area contributed by atoms with Gasteiger partial charge in [0.1, 0.15) is 5.75 Å². The van der Waals surface area contributed by atoms with Crippen molar-refractivity contribution in [3.05, 3.63) is 41.0 Å². The molecule has 2 aromatic carbocycles. The van der Waals surface area contributed by atoms with Gasteiger partial charge in [0.15, 0.2) is 5.78 Å². The van der Waals surface area contributed by atoms with Gasteiger partial charge >= 0.3 is 5.97 Å². The average molecular weight is 606 g/mol.